The fraction of sp³-hybridized carbons (Fsp3) is 0.747. The van der Waals surface area contributed by atoms with E-state index >= 15 is 0 Å². The minimum Gasteiger partial charge on any atom is -0.756 e. The number of phosphoric ester groups is 1. The van der Waals surface area contributed by atoms with Gasteiger partial charge in [0.2, 0.25) is 5.91 Å². The van der Waals surface area contributed by atoms with Crippen LogP contribution in [0.3, 0.4) is 0 Å². The molecule has 0 bridgehead atoms. The highest BCUT2D eigenvalue weighted by Crippen LogP contribution is 2.38. The van der Waals surface area contributed by atoms with Gasteiger partial charge in [-0.1, -0.05) is 316 Å². The molecule has 1 amide bonds. The molecule has 0 aromatic rings. The molecule has 84 heavy (non-hydrogen) atoms. The number of rotatable bonds is 64. The van der Waals surface area contributed by atoms with E-state index in [0.29, 0.717) is 17.4 Å². The van der Waals surface area contributed by atoms with Gasteiger partial charge in [-0.15, -0.1) is 0 Å². The van der Waals surface area contributed by atoms with Crippen molar-refractivity contribution in [3.63, 3.8) is 0 Å². The van der Waals surface area contributed by atoms with Crippen molar-refractivity contribution in [3.05, 3.63) is 109 Å². The van der Waals surface area contributed by atoms with E-state index in [9.17, 15) is 19.4 Å². The third-order valence-electron chi connectivity index (χ3n) is 15.4. The van der Waals surface area contributed by atoms with Crippen LogP contribution in [0.5, 0.6) is 0 Å². The lowest BCUT2D eigenvalue weighted by molar-refractivity contribution is -0.870. The summed E-state index contributed by atoms with van der Waals surface area (Å²) in [4.78, 5) is 25.6. The zero-order valence-corrected chi connectivity index (χ0v) is 56.5. The predicted octanol–water partition coefficient (Wildman–Crippen LogP) is 22.0. The number of allylic oxidation sites excluding steroid dienone is 17. The van der Waals surface area contributed by atoms with E-state index in [0.717, 1.165) is 83.5 Å². The molecule has 0 aliphatic rings. The summed E-state index contributed by atoms with van der Waals surface area (Å²) in [6.07, 6.45) is 95.1. The minimum atomic E-state index is -4.62. The molecule has 0 saturated heterocycles. The van der Waals surface area contributed by atoms with Crippen LogP contribution in [-0.2, 0) is 18.4 Å². The van der Waals surface area contributed by atoms with Crippen LogP contribution in [-0.4, -0.2) is 68.5 Å². The average molecular weight is 1190 g/mol. The minimum absolute atomic E-state index is 0.0109. The summed E-state index contributed by atoms with van der Waals surface area (Å²) in [6.45, 7) is 4.53. The van der Waals surface area contributed by atoms with Crippen molar-refractivity contribution in [2.75, 3.05) is 40.9 Å². The van der Waals surface area contributed by atoms with Gasteiger partial charge >= 0.3 is 0 Å². The van der Waals surface area contributed by atoms with E-state index in [1.165, 1.54) is 205 Å². The lowest BCUT2D eigenvalue weighted by Crippen LogP contribution is -2.45. The molecule has 0 aliphatic heterocycles. The second-order valence-electron chi connectivity index (χ2n) is 24.8. The van der Waals surface area contributed by atoms with E-state index in [-0.39, 0.29) is 12.5 Å². The van der Waals surface area contributed by atoms with Crippen LogP contribution in [0.1, 0.15) is 309 Å². The number of aliphatic hydroxyl groups excluding tert-OH is 1. The fourth-order valence-corrected chi connectivity index (χ4v) is 10.7. The van der Waals surface area contributed by atoms with Gasteiger partial charge in [-0.3, -0.25) is 9.36 Å². The number of aliphatic hydroxyl groups is 1. The van der Waals surface area contributed by atoms with Crippen molar-refractivity contribution in [3.8, 4) is 0 Å². The molecule has 9 heteroatoms. The van der Waals surface area contributed by atoms with Crippen LogP contribution in [0.25, 0.3) is 0 Å². The molecule has 486 valence electrons. The number of unbranched alkanes of at least 4 members (excludes halogenated alkanes) is 35. The highest BCUT2D eigenvalue weighted by molar-refractivity contribution is 7.45. The molecule has 0 heterocycles. The van der Waals surface area contributed by atoms with Gasteiger partial charge in [0.05, 0.1) is 39.9 Å². The van der Waals surface area contributed by atoms with Crippen molar-refractivity contribution in [2.45, 2.75) is 321 Å². The maximum atomic E-state index is 13.0. The zero-order valence-electron chi connectivity index (χ0n) is 55.6. The summed E-state index contributed by atoms with van der Waals surface area (Å²) < 4.78 is 23.4. The maximum absolute atomic E-state index is 13.0. The quantitative estimate of drug-likeness (QED) is 0.0272. The van der Waals surface area contributed by atoms with E-state index in [1.807, 2.05) is 27.2 Å². The van der Waals surface area contributed by atoms with Gasteiger partial charge in [-0.2, -0.15) is 0 Å². The van der Waals surface area contributed by atoms with Crippen molar-refractivity contribution >= 4 is 13.7 Å². The number of phosphoric acid groups is 1. The normalized spacial score (nSPS) is 14.3. The van der Waals surface area contributed by atoms with Crippen LogP contribution in [0.4, 0.5) is 0 Å². The van der Waals surface area contributed by atoms with Crippen LogP contribution >= 0.6 is 7.82 Å². The lowest BCUT2D eigenvalue weighted by Gasteiger charge is -2.29. The molecule has 0 aliphatic carbocycles. The number of hydrogen-bond donors (Lipinski definition) is 2. The Morgan fingerprint density at radius 3 is 1.11 bits per heavy atom. The van der Waals surface area contributed by atoms with Crippen LogP contribution in [0.15, 0.2) is 109 Å². The molecule has 0 radical (unpaired) electrons. The third kappa shape index (κ3) is 66.7. The summed E-state index contributed by atoms with van der Waals surface area (Å²) >= 11 is 0. The molecule has 0 fully saturated rings. The Kier molecular flexibility index (Phi) is 62.4. The summed E-state index contributed by atoms with van der Waals surface area (Å²) in [6, 6.07) is -0.914. The molecule has 0 spiro atoms. The summed E-state index contributed by atoms with van der Waals surface area (Å²) in [5.41, 5.74) is 0. The second-order valence-corrected chi connectivity index (χ2v) is 26.2. The van der Waals surface area contributed by atoms with Crippen molar-refractivity contribution < 1.29 is 32.9 Å². The molecule has 3 unspecified atom stereocenters. The number of nitrogens with zero attached hydrogens (tertiary/aromatic N) is 1. The highest BCUT2D eigenvalue weighted by Gasteiger charge is 2.23. The molecule has 2 N–H and O–H groups in total. The first-order chi connectivity index (χ1) is 41.0. The van der Waals surface area contributed by atoms with E-state index in [1.54, 1.807) is 6.08 Å². The molecule has 3 atom stereocenters. The van der Waals surface area contributed by atoms with Crippen molar-refractivity contribution in [1.82, 2.24) is 5.32 Å². The third-order valence-corrected chi connectivity index (χ3v) is 16.4. The standard InChI is InChI=1S/C75H135N2O6P/c1-6-8-10-12-14-16-18-20-22-24-26-28-29-30-31-32-33-34-35-36-37-38-39-40-41-42-43-44-45-46-47-49-51-53-55-57-59-61-63-65-67-69-75(79)76-73(72-83-84(80,81)82-71-70-77(3,4)5)74(78)68-66-64-62-60-58-56-54-52-50-48-27-25-23-21-19-17-15-13-11-9-7-2/h8,10,14,16,20,22,26,28,30-31,33-34,50,52,58,60,66,68,73-74,78H,6-7,9,11-13,15,17-19,21,23-25,27,29,32,35-49,51,53-57,59,61-65,67,69-72H2,1-5H3,(H-,76,79,80,81)/b10-8-,16-14-,22-20-,28-26-,31-30-,34-33-,52-50+,60-58+,68-66+. The van der Waals surface area contributed by atoms with E-state index < -0.39 is 26.6 Å². The van der Waals surface area contributed by atoms with E-state index in [4.69, 9.17) is 9.05 Å². The van der Waals surface area contributed by atoms with Crippen LogP contribution in [0.2, 0.25) is 0 Å². The first-order valence-electron chi connectivity index (χ1n) is 35.2. The number of amides is 1. The maximum Gasteiger partial charge on any atom is 0.268 e. The van der Waals surface area contributed by atoms with Gasteiger partial charge in [-0.05, 0) is 96.3 Å². The Hall–Kier alpha value is -2.84. The molecule has 0 aromatic carbocycles. The van der Waals surface area contributed by atoms with Gasteiger partial charge in [-0.25, -0.2) is 0 Å². The van der Waals surface area contributed by atoms with Gasteiger partial charge in [0.1, 0.15) is 13.2 Å². The van der Waals surface area contributed by atoms with Gasteiger partial charge in [0.25, 0.3) is 7.82 Å². The number of quaternary nitrogens is 1. The van der Waals surface area contributed by atoms with Crippen LogP contribution < -0.4 is 10.2 Å². The SMILES string of the molecule is CC/C=C\C/C=C\C/C=C\C/C=C\C/C=C\C/C=C\CCCCCCCCCCCCCCCCCCCCCCCCC(=O)NC(COP(=O)([O-])OCC[N+](C)(C)C)C(O)/C=C/CC/C=C/CC/C=C/CCCCCCCCCCCCC. The molecule has 8 nitrogen and oxygen atoms in total. The molecule has 0 aromatic heterocycles. The molecular weight excluding hydrogens is 1060 g/mol. The fourth-order valence-electron chi connectivity index (χ4n) is 10.0. The van der Waals surface area contributed by atoms with Gasteiger partial charge in [0.15, 0.2) is 0 Å². The first kappa shape index (κ1) is 81.2. The van der Waals surface area contributed by atoms with Crippen molar-refractivity contribution in [2.24, 2.45) is 0 Å². The molecule has 0 saturated carbocycles. The first-order valence-corrected chi connectivity index (χ1v) is 36.7. The molecule has 0 rings (SSSR count). The topological polar surface area (TPSA) is 108 Å². The van der Waals surface area contributed by atoms with Gasteiger partial charge in [0, 0.05) is 6.42 Å². The molecular formula is C75H135N2O6P. The summed E-state index contributed by atoms with van der Waals surface area (Å²) in [5, 5.41) is 13.9. The van der Waals surface area contributed by atoms with Crippen LogP contribution in [0, 0.1) is 0 Å². The summed E-state index contributed by atoms with van der Waals surface area (Å²) in [5.74, 6) is -0.209. The lowest BCUT2D eigenvalue weighted by atomic mass is 10.0. The largest absolute Gasteiger partial charge is 0.756 e. The monoisotopic (exact) mass is 1190 g/mol. The number of carbonyl (C=O) groups excluding carboxylic acids is 1. The number of likely N-dealkylation sites (N-methyl/N-ethyl adjacent to an activating group) is 1. The number of carbonyl (C=O) groups is 1. The predicted molar refractivity (Wildman–Crippen MR) is 366 cm³/mol. The highest BCUT2D eigenvalue weighted by atomic mass is 31.2. The zero-order chi connectivity index (χ0) is 61.2. The summed E-state index contributed by atoms with van der Waals surface area (Å²) in [7, 11) is 1.24. The number of nitrogens with one attached hydrogen (secondary N) is 1. The smallest absolute Gasteiger partial charge is 0.268 e. The Morgan fingerprint density at radius 1 is 0.429 bits per heavy atom. The Labute approximate surface area is 521 Å². The number of hydrogen-bond acceptors (Lipinski definition) is 6. The average Bonchev–Trinajstić information content (AvgIpc) is 3.56. The second kappa shape index (κ2) is 64.6. The van der Waals surface area contributed by atoms with E-state index in [2.05, 4.69) is 116 Å². The van der Waals surface area contributed by atoms with Gasteiger partial charge < -0.3 is 28.8 Å². The Morgan fingerprint density at radius 2 is 0.738 bits per heavy atom. The Bertz CT molecular complexity index is 1740. The van der Waals surface area contributed by atoms with Crippen molar-refractivity contribution in [1.29, 1.82) is 0 Å². The Balaban J connectivity index is 4.01.